The van der Waals surface area contributed by atoms with Gasteiger partial charge in [0.2, 0.25) is 11.8 Å². The number of amides is 2. The Kier molecular flexibility index (Phi) is 10.8. The van der Waals surface area contributed by atoms with Crippen LogP contribution in [0, 0.1) is 0 Å². The summed E-state index contributed by atoms with van der Waals surface area (Å²) >= 11 is 0. The second kappa shape index (κ2) is 14.2. The fourth-order valence-corrected chi connectivity index (χ4v) is 4.38. The van der Waals surface area contributed by atoms with Crippen LogP contribution in [0.4, 0.5) is 0 Å². The predicted molar refractivity (Wildman–Crippen MR) is 148 cm³/mol. The molecule has 0 bridgehead atoms. The van der Waals surface area contributed by atoms with Crippen LogP contribution in [-0.2, 0) is 27.2 Å². The summed E-state index contributed by atoms with van der Waals surface area (Å²) in [5.41, 5.74) is 19.0. The molecule has 202 valence electrons. The molecule has 2 atom stereocenters. The van der Waals surface area contributed by atoms with E-state index in [1.165, 1.54) is 4.90 Å². The number of fused-ring (bicyclic) bond motifs is 1. The van der Waals surface area contributed by atoms with E-state index in [4.69, 9.17) is 17.2 Å². The summed E-state index contributed by atoms with van der Waals surface area (Å²) in [6.45, 7) is 1.20. The fraction of sp³-hybridized carbons (Fsp3) is 0.345. The van der Waals surface area contributed by atoms with Gasteiger partial charge in [0.1, 0.15) is 5.75 Å². The van der Waals surface area contributed by atoms with E-state index in [9.17, 15) is 19.5 Å². The Balaban J connectivity index is 1.71. The van der Waals surface area contributed by atoms with Crippen LogP contribution in [0.25, 0.3) is 10.8 Å². The summed E-state index contributed by atoms with van der Waals surface area (Å²) in [4.78, 5) is 40.5. The van der Waals surface area contributed by atoms with Crippen molar-refractivity contribution in [3.8, 4) is 5.75 Å². The number of ketones is 1. The maximum atomic E-state index is 13.4. The number of nitrogens with two attached hydrogens (primary N) is 3. The highest BCUT2D eigenvalue weighted by Crippen LogP contribution is 2.25. The standard InChI is InChI=1S/C29H37N5O4/c30-13-15-34(16-14-31)28(37)19-24(32)29(38)33-25(12-10-20-5-2-1-3-6-20)27(36)18-21-9-11-23-22(17-21)7-4-8-26(23)35/h1-9,11,17,24-25,35H,10,12-16,18-19,30-32H2,(H,33,38)/t24-,25-/m0/s1. The first-order chi connectivity index (χ1) is 18.3. The van der Waals surface area contributed by atoms with Gasteiger partial charge in [-0.25, -0.2) is 0 Å². The summed E-state index contributed by atoms with van der Waals surface area (Å²) < 4.78 is 0. The molecule has 9 heteroatoms. The SMILES string of the molecule is NCCN(CCN)C(=O)C[C@H](N)C(=O)N[C@@H](CCc1ccccc1)C(=O)Cc1ccc2c(O)cccc2c1. The van der Waals surface area contributed by atoms with Gasteiger partial charge < -0.3 is 32.5 Å². The van der Waals surface area contributed by atoms with Crippen molar-refractivity contribution in [2.75, 3.05) is 26.2 Å². The first-order valence-electron chi connectivity index (χ1n) is 12.8. The van der Waals surface area contributed by atoms with Crippen LogP contribution in [-0.4, -0.2) is 65.9 Å². The highest BCUT2D eigenvalue weighted by molar-refractivity contribution is 5.95. The molecule has 0 fully saturated rings. The lowest BCUT2D eigenvalue weighted by atomic mass is 9.96. The maximum Gasteiger partial charge on any atom is 0.238 e. The van der Waals surface area contributed by atoms with Crippen LogP contribution in [0.5, 0.6) is 5.75 Å². The number of phenols is 1. The van der Waals surface area contributed by atoms with Gasteiger partial charge in [-0.15, -0.1) is 0 Å². The van der Waals surface area contributed by atoms with E-state index < -0.39 is 18.0 Å². The van der Waals surface area contributed by atoms with E-state index in [1.807, 2.05) is 42.5 Å². The van der Waals surface area contributed by atoms with Gasteiger partial charge in [-0.3, -0.25) is 14.4 Å². The fourth-order valence-electron chi connectivity index (χ4n) is 4.38. The molecule has 2 amide bonds. The molecular weight excluding hydrogens is 482 g/mol. The normalized spacial score (nSPS) is 12.6. The second-order valence-electron chi connectivity index (χ2n) is 9.33. The van der Waals surface area contributed by atoms with Gasteiger partial charge >= 0.3 is 0 Å². The molecule has 3 rings (SSSR count). The predicted octanol–water partition coefficient (Wildman–Crippen LogP) is 1.24. The van der Waals surface area contributed by atoms with Gasteiger partial charge in [0.15, 0.2) is 5.78 Å². The summed E-state index contributed by atoms with van der Waals surface area (Å²) in [5.74, 6) is -0.864. The molecular formula is C29H37N5O4. The van der Waals surface area contributed by atoms with Crippen LogP contribution < -0.4 is 22.5 Å². The number of nitrogens with zero attached hydrogens (tertiary/aromatic N) is 1. The second-order valence-corrected chi connectivity index (χ2v) is 9.33. The van der Waals surface area contributed by atoms with Crippen molar-refractivity contribution in [2.45, 2.75) is 37.8 Å². The highest BCUT2D eigenvalue weighted by Gasteiger charge is 2.26. The van der Waals surface area contributed by atoms with Gasteiger partial charge in [-0.2, -0.15) is 0 Å². The molecule has 0 aliphatic carbocycles. The summed E-state index contributed by atoms with van der Waals surface area (Å²) in [5, 5.41) is 14.4. The van der Waals surface area contributed by atoms with Gasteiger partial charge in [-0.05, 0) is 35.4 Å². The van der Waals surface area contributed by atoms with Gasteiger partial charge in [-0.1, -0.05) is 60.7 Å². The van der Waals surface area contributed by atoms with E-state index >= 15 is 0 Å². The molecule has 9 nitrogen and oxygen atoms in total. The number of carbonyl (C=O) groups is 3. The molecule has 3 aromatic rings. The third kappa shape index (κ3) is 8.11. The summed E-state index contributed by atoms with van der Waals surface area (Å²) in [6.07, 6.45) is 0.855. The van der Waals surface area contributed by atoms with Crippen LogP contribution in [0.1, 0.15) is 24.0 Å². The van der Waals surface area contributed by atoms with Crippen molar-refractivity contribution in [1.29, 1.82) is 0 Å². The minimum Gasteiger partial charge on any atom is -0.507 e. The number of aryl methyl sites for hydroxylation is 1. The number of hydrogen-bond donors (Lipinski definition) is 5. The molecule has 0 saturated heterocycles. The minimum absolute atomic E-state index is 0.0975. The Morgan fingerprint density at radius 3 is 2.29 bits per heavy atom. The van der Waals surface area contributed by atoms with Gasteiger partial charge in [0.25, 0.3) is 0 Å². The average molecular weight is 520 g/mol. The topological polar surface area (TPSA) is 165 Å². The molecule has 0 radical (unpaired) electrons. The van der Waals surface area contributed by atoms with Crippen molar-refractivity contribution >= 4 is 28.4 Å². The summed E-state index contributed by atoms with van der Waals surface area (Å²) in [7, 11) is 0. The molecule has 3 aromatic carbocycles. The zero-order valence-electron chi connectivity index (χ0n) is 21.5. The number of nitrogens with one attached hydrogen (secondary N) is 1. The molecule has 0 unspecified atom stereocenters. The minimum atomic E-state index is -1.11. The Bertz CT molecular complexity index is 1230. The van der Waals surface area contributed by atoms with E-state index in [-0.39, 0.29) is 43.4 Å². The Morgan fingerprint density at radius 2 is 1.61 bits per heavy atom. The third-order valence-electron chi connectivity index (χ3n) is 6.45. The van der Waals surface area contributed by atoms with Crippen LogP contribution in [0.15, 0.2) is 66.7 Å². The monoisotopic (exact) mass is 519 g/mol. The van der Waals surface area contributed by atoms with E-state index in [0.29, 0.717) is 31.3 Å². The largest absolute Gasteiger partial charge is 0.507 e. The molecule has 0 spiro atoms. The van der Waals surface area contributed by atoms with E-state index in [0.717, 1.165) is 16.5 Å². The molecule has 0 heterocycles. The number of benzene rings is 3. The Morgan fingerprint density at radius 1 is 0.895 bits per heavy atom. The average Bonchev–Trinajstić information content (AvgIpc) is 2.91. The molecule has 0 aliphatic heterocycles. The lowest BCUT2D eigenvalue weighted by Crippen LogP contribution is -2.51. The number of hydrogen-bond acceptors (Lipinski definition) is 7. The summed E-state index contributed by atoms with van der Waals surface area (Å²) in [6, 6.07) is 18.5. The first-order valence-corrected chi connectivity index (χ1v) is 12.8. The zero-order valence-corrected chi connectivity index (χ0v) is 21.5. The van der Waals surface area contributed by atoms with Crippen LogP contribution >= 0.6 is 0 Å². The quantitative estimate of drug-likeness (QED) is 0.214. The van der Waals surface area contributed by atoms with Gasteiger partial charge in [0, 0.05) is 38.0 Å². The third-order valence-corrected chi connectivity index (χ3v) is 6.45. The molecule has 0 aliphatic rings. The Labute approximate surface area is 223 Å². The van der Waals surface area contributed by atoms with Crippen LogP contribution in [0.2, 0.25) is 0 Å². The van der Waals surface area contributed by atoms with Gasteiger partial charge in [0.05, 0.1) is 18.5 Å². The molecule has 0 saturated carbocycles. The van der Waals surface area contributed by atoms with Crippen LogP contribution in [0.3, 0.4) is 0 Å². The highest BCUT2D eigenvalue weighted by atomic mass is 16.3. The van der Waals surface area contributed by atoms with Crippen molar-refractivity contribution in [3.05, 3.63) is 77.9 Å². The smallest absolute Gasteiger partial charge is 0.238 e. The molecule has 0 aromatic heterocycles. The van der Waals surface area contributed by atoms with Crippen molar-refractivity contribution < 1.29 is 19.5 Å². The van der Waals surface area contributed by atoms with Crippen molar-refractivity contribution in [3.63, 3.8) is 0 Å². The number of rotatable bonds is 14. The van der Waals surface area contributed by atoms with Crippen molar-refractivity contribution in [2.24, 2.45) is 17.2 Å². The lowest BCUT2D eigenvalue weighted by Gasteiger charge is -2.24. The number of carbonyl (C=O) groups excluding carboxylic acids is 3. The van der Waals surface area contributed by atoms with E-state index in [2.05, 4.69) is 5.32 Å². The number of phenolic OH excluding ortho intramolecular Hbond substituents is 1. The first kappa shape index (κ1) is 28.8. The van der Waals surface area contributed by atoms with E-state index in [1.54, 1.807) is 24.3 Å². The maximum absolute atomic E-state index is 13.4. The number of Topliss-reactive ketones (excluding diaryl/α,β-unsaturated/α-hetero) is 1. The zero-order chi connectivity index (χ0) is 27.5. The molecule has 8 N–H and O–H groups in total. The Hall–Kier alpha value is -3.79. The molecule has 38 heavy (non-hydrogen) atoms. The van der Waals surface area contributed by atoms with Crippen molar-refractivity contribution in [1.82, 2.24) is 10.2 Å². The lowest BCUT2D eigenvalue weighted by molar-refractivity contribution is -0.134. The number of aromatic hydroxyl groups is 1.